The van der Waals surface area contributed by atoms with Gasteiger partial charge in [0.25, 0.3) is 0 Å². The summed E-state index contributed by atoms with van der Waals surface area (Å²) in [6, 6.07) is 11.7. The van der Waals surface area contributed by atoms with E-state index in [0.717, 1.165) is 43.0 Å². The van der Waals surface area contributed by atoms with Gasteiger partial charge in [-0.2, -0.15) is 0 Å². The van der Waals surface area contributed by atoms with E-state index < -0.39 is 6.09 Å². The summed E-state index contributed by atoms with van der Waals surface area (Å²) in [4.78, 5) is 24.9. The first kappa shape index (κ1) is 17.3. The Hall–Kier alpha value is -3.15. The minimum absolute atomic E-state index is 0.160. The Morgan fingerprint density at radius 1 is 1.30 bits per heavy atom. The van der Waals surface area contributed by atoms with Gasteiger partial charge in [-0.25, -0.2) is 4.79 Å². The molecule has 0 radical (unpaired) electrons. The molecule has 0 atom stereocenters. The zero-order valence-electron chi connectivity index (χ0n) is 15.3. The Kier molecular flexibility index (Phi) is 4.87. The lowest BCUT2D eigenvalue weighted by molar-refractivity contribution is 0.147. The molecule has 2 aliphatic rings. The number of fused-ring (bicyclic) bond motifs is 1. The van der Waals surface area contributed by atoms with Gasteiger partial charge >= 0.3 is 6.09 Å². The normalized spacial score (nSPS) is 14.9. The first-order valence-corrected chi connectivity index (χ1v) is 9.10. The standard InChI is InChI=1S/C21H22N4O2/c1-24(21(26)27-15-18-5-2-3-10-23-18)19-8-7-16-9-12-25(20(16)13-19)14-17-6-4-11-22-17/h2-3,5-8,10-11,13H,4,9,12,14-15H2,1H3. The van der Waals surface area contributed by atoms with E-state index in [2.05, 4.69) is 33.1 Å². The van der Waals surface area contributed by atoms with E-state index in [0.29, 0.717) is 0 Å². The average Bonchev–Trinajstić information content (AvgIpc) is 3.36. The van der Waals surface area contributed by atoms with Crippen molar-refractivity contribution in [2.24, 2.45) is 4.99 Å². The molecule has 2 aliphatic heterocycles. The van der Waals surface area contributed by atoms with Gasteiger partial charge in [0.05, 0.1) is 17.9 Å². The van der Waals surface area contributed by atoms with E-state index in [1.54, 1.807) is 13.2 Å². The summed E-state index contributed by atoms with van der Waals surface area (Å²) < 4.78 is 5.38. The van der Waals surface area contributed by atoms with E-state index in [1.165, 1.54) is 16.2 Å². The molecule has 1 aromatic heterocycles. The molecule has 6 nitrogen and oxygen atoms in total. The molecule has 6 heteroatoms. The number of allylic oxidation sites excluding steroid dienone is 1. The summed E-state index contributed by atoms with van der Waals surface area (Å²) >= 11 is 0. The van der Waals surface area contributed by atoms with Crippen LogP contribution in [0.4, 0.5) is 16.2 Å². The molecule has 27 heavy (non-hydrogen) atoms. The number of aromatic nitrogens is 1. The molecule has 2 aromatic rings. The maximum absolute atomic E-state index is 12.4. The van der Waals surface area contributed by atoms with Crippen LogP contribution in [0.2, 0.25) is 0 Å². The van der Waals surface area contributed by atoms with Crippen LogP contribution in [0.15, 0.2) is 59.4 Å². The van der Waals surface area contributed by atoms with Crippen molar-refractivity contribution in [3.05, 3.63) is 65.6 Å². The van der Waals surface area contributed by atoms with Crippen LogP contribution >= 0.6 is 0 Å². The van der Waals surface area contributed by atoms with Crippen molar-refractivity contribution in [3.63, 3.8) is 0 Å². The Morgan fingerprint density at radius 3 is 3.00 bits per heavy atom. The van der Waals surface area contributed by atoms with Gasteiger partial charge in [-0.3, -0.25) is 14.9 Å². The predicted octanol–water partition coefficient (Wildman–Crippen LogP) is 3.58. The van der Waals surface area contributed by atoms with Crippen LogP contribution in [-0.4, -0.2) is 37.4 Å². The second-order valence-electron chi connectivity index (χ2n) is 6.66. The molecular formula is C21H22N4O2. The van der Waals surface area contributed by atoms with Gasteiger partial charge in [0.2, 0.25) is 0 Å². The van der Waals surface area contributed by atoms with Gasteiger partial charge in [-0.1, -0.05) is 18.2 Å². The fraction of sp³-hybridized carbons (Fsp3) is 0.286. The molecule has 0 bridgehead atoms. The monoisotopic (exact) mass is 362 g/mol. The van der Waals surface area contributed by atoms with E-state index in [4.69, 9.17) is 4.74 Å². The number of aliphatic imine (C=N–C) groups is 1. The van der Waals surface area contributed by atoms with Crippen molar-refractivity contribution in [3.8, 4) is 0 Å². The smallest absolute Gasteiger partial charge is 0.414 e. The molecular weight excluding hydrogens is 340 g/mol. The number of carbonyl (C=O) groups is 1. The number of benzene rings is 1. The zero-order chi connectivity index (χ0) is 18.6. The topological polar surface area (TPSA) is 58.0 Å². The fourth-order valence-corrected chi connectivity index (χ4v) is 3.34. The van der Waals surface area contributed by atoms with E-state index in [9.17, 15) is 4.79 Å². The van der Waals surface area contributed by atoms with Gasteiger partial charge in [-0.05, 0) is 36.2 Å². The van der Waals surface area contributed by atoms with E-state index in [1.807, 2.05) is 30.5 Å². The number of anilines is 2. The van der Waals surface area contributed by atoms with E-state index in [-0.39, 0.29) is 6.61 Å². The third-order valence-electron chi connectivity index (χ3n) is 4.86. The summed E-state index contributed by atoms with van der Waals surface area (Å²) in [7, 11) is 1.73. The highest BCUT2D eigenvalue weighted by molar-refractivity contribution is 5.88. The molecule has 0 saturated carbocycles. The van der Waals surface area contributed by atoms with Gasteiger partial charge in [-0.15, -0.1) is 0 Å². The van der Waals surface area contributed by atoms with Crippen molar-refractivity contribution in [1.29, 1.82) is 0 Å². The van der Waals surface area contributed by atoms with Crippen molar-refractivity contribution >= 4 is 23.7 Å². The van der Waals surface area contributed by atoms with E-state index >= 15 is 0 Å². The Morgan fingerprint density at radius 2 is 2.22 bits per heavy atom. The quantitative estimate of drug-likeness (QED) is 0.816. The lowest BCUT2D eigenvalue weighted by Gasteiger charge is -2.22. The van der Waals surface area contributed by atoms with Gasteiger partial charge in [0.15, 0.2) is 0 Å². The molecule has 1 aromatic carbocycles. The molecule has 0 aliphatic carbocycles. The molecule has 138 valence electrons. The van der Waals surface area contributed by atoms with Crippen LogP contribution in [0, 0.1) is 0 Å². The number of nitrogens with zero attached hydrogens (tertiary/aromatic N) is 4. The first-order valence-electron chi connectivity index (χ1n) is 9.10. The average molecular weight is 362 g/mol. The Labute approximate surface area is 158 Å². The second-order valence-corrected chi connectivity index (χ2v) is 6.66. The SMILES string of the molecule is CN(C(=O)OCc1ccccn1)c1ccc2c(c1)N(CC1=CCC=N1)CC2. The summed E-state index contributed by atoms with van der Waals surface area (Å²) in [5.41, 5.74) is 5.12. The summed E-state index contributed by atoms with van der Waals surface area (Å²) in [6.07, 6.45) is 7.32. The van der Waals surface area contributed by atoms with Crippen molar-refractivity contribution < 1.29 is 9.53 Å². The summed E-state index contributed by atoms with van der Waals surface area (Å²) in [6.45, 7) is 1.94. The van der Waals surface area contributed by atoms with Crippen molar-refractivity contribution in [2.45, 2.75) is 19.4 Å². The first-order chi connectivity index (χ1) is 13.2. The minimum Gasteiger partial charge on any atom is -0.443 e. The molecule has 0 unspecified atom stereocenters. The lowest BCUT2D eigenvalue weighted by Crippen LogP contribution is -2.27. The number of rotatable bonds is 5. The number of hydrogen-bond donors (Lipinski definition) is 0. The van der Waals surface area contributed by atoms with Crippen LogP contribution in [0.3, 0.4) is 0 Å². The van der Waals surface area contributed by atoms with Crippen LogP contribution < -0.4 is 9.80 Å². The number of pyridine rings is 1. The maximum Gasteiger partial charge on any atom is 0.414 e. The predicted molar refractivity (Wildman–Crippen MR) is 106 cm³/mol. The largest absolute Gasteiger partial charge is 0.443 e. The van der Waals surface area contributed by atoms with Gasteiger partial charge in [0, 0.05) is 43.8 Å². The van der Waals surface area contributed by atoms with Gasteiger partial charge < -0.3 is 9.64 Å². The summed E-state index contributed by atoms with van der Waals surface area (Å²) in [5.74, 6) is 0. The highest BCUT2D eigenvalue weighted by Crippen LogP contribution is 2.33. The number of carbonyl (C=O) groups excluding carboxylic acids is 1. The van der Waals surface area contributed by atoms with Gasteiger partial charge in [0.1, 0.15) is 6.61 Å². The van der Waals surface area contributed by atoms with Crippen LogP contribution in [0.25, 0.3) is 0 Å². The molecule has 3 heterocycles. The second kappa shape index (κ2) is 7.61. The highest BCUT2D eigenvalue weighted by atomic mass is 16.6. The number of ether oxygens (including phenoxy) is 1. The molecule has 0 fully saturated rings. The highest BCUT2D eigenvalue weighted by Gasteiger charge is 2.22. The van der Waals surface area contributed by atoms with Crippen molar-refractivity contribution in [2.75, 3.05) is 29.9 Å². The zero-order valence-corrected chi connectivity index (χ0v) is 15.3. The number of amides is 1. The molecule has 0 spiro atoms. The van der Waals surface area contributed by atoms with Crippen LogP contribution in [0.1, 0.15) is 17.7 Å². The third-order valence-corrected chi connectivity index (χ3v) is 4.86. The third kappa shape index (κ3) is 3.84. The number of hydrogen-bond acceptors (Lipinski definition) is 5. The van der Waals surface area contributed by atoms with Crippen molar-refractivity contribution in [1.82, 2.24) is 4.98 Å². The Bertz CT molecular complexity index is 892. The van der Waals surface area contributed by atoms with Crippen LogP contribution in [-0.2, 0) is 17.8 Å². The van der Waals surface area contributed by atoms with Crippen LogP contribution in [0.5, 0.6) is 0 Å². The minimum atomic E-state index is -0.395. The molecule has 0 N–H and O–H groups in total. The molecule has 4 rings (SSSR count). The fourth-order valence-electron chi connectivity index (χ4n) is 3.34. The Balaban J connectivity index is 1.44. The maximum atomic E-state index is 12.4. The molecule has 0 saturated heterocycles. The lowest BCUT2D eigenvalue weighted by atomic mass is 10.1. The molecule has 1 amide bonds. The summed E-state index contributed by atoms with van der Waals surface area (Å²) in [5, 5.41) is 0.